The smallest absolute Gasteiger partial charge is 0.256 e. The number of rotatable bonds is 3. The lowest BCUT2D eigenvalue weighted by atomic mass is 9.97. The maximum atomic E-state index is 13.4. The summed E-state index contributed by atoms with van der Waals surface area (Å²) < 4.78 is 0. The molecule has 3 aromatic carbocycles. The van der Waals surface area contributed by atoms with Crippen molar-refractivity contribution in [1.82, 2.24) is 4.98 Å². The fraction of sp³-hybridized carbons (Fsp3) is 0.0833. The first-order valence-electron chi connectivity index (χ1n) is 9.27. The number of fused-ring (bicyclic) bond motifs is 1. The first-order valence-corrected chi connectivity index (χ1v) is 10.4. The van der Waals surface area contributed by atoms with Crippen LogP contribution in [0.15, 0.2) is 60.7 Å². The number of aryl methyl sites for hydroxylation is 1. The van der Waals surface area contributed by atoms with E-state index in [1.165, 1.54) is 0 Å². The van der Waals surface area contributed by atoms with Gasteiger partial charge in [0.05, 0.1) is 21.8 Å². The first kappa shape index (κ1) is 20.7. The van der Waals surface area contributed by atoms with Crippen LogP contribution >= 0.6 is 34.8 Å². The number of pyridine rings is 1. The second-order valence-electron chi connectivity index (χ2n) is 7.02. The Hall–Kier alpha value is -2.59. The molecule has 0 fully saturated rings. The van der Waals surface area contributed by atoms with Gasteiger partial charge in [0, 0.05) is 26.7 Å². The lowest BCUT2D eigenvalue weighted by Crippen LogP contribution is -2.16. The van der Waals surface area contributed by atoms with Gasteiger partial charge >= 0.3 is 0 Å². The molecule has 0 aliphatic rings. The Morgan fingerprint density at radius 1 is 0.900 bits per heavy atom. The molecule has 0 unspecified atom stereocenters. The highest BCUT2D eigenvalue weighted by molar-refractivity contribution is 6.36. The lowest BCUT2D eigenvalue weighted by Gasteiger charge is -2.16. The molecule has 0 radical (unpaired) electrons. The van der Waals surface area contributed by atoms with E-state index in [0.717, 1.165) is 22.1 Å². The van der Waals surface area contributed by atoms with Crippen molar-refractivity contribution in [2.45, 2.75) is 13.8 Å². The normalized spacial score (nSPS) is 11.0. The summed E-state index contributed by atoms with van der Waals surface area (Å²) in [6.07, 6.45) is 0. The number of nitrogens with zero attached hydrogens (tertiary/aromatic N) is 1. The molecule has 0 saturated carbocycles. The molecule has 0 aliphatic heterocycles. The molecule has 0 atom stereocenters. The van der Waals surface area contributed by atoms with Gasteiger partial charge in [-0.2, -0.15) is 0 Å². The summed E-state index contributed by atoms with van der Waals surface area (Å²) in [7, 11) is 0. The van der Waals surface area contributed by atoms with Gasteiger partial charge in [0.25, 0.3) is 5.91 Å². The maximum Gasteiger partial charge on any atom is 0.256 e. The highest BCUT2D eigenvalue weighted by atomic mass is 35.5. The topological polar surface area (TPSA) is 42.0 Å². The molecule has 0 spiro atoms. The van der Waals surface area contributed by atoms with Gasteiger partial charge in [-0.25, -0.2) is 4.98 Å². The Bertz CT molecular complexity index is 1300. The largest absolute Gasteiger partial charge is 0.322 e. The number of amides is 1. The minimum atomic E-state index is -0.234. The number of anilines is 1. The number of benzene rings is 3. The molecule has 1 N–H and O–H groups in total. The molecule has 0 saturated heterocycles. The number of nitrogens with one attached hydrogen (secondary N) is 1. The second-order valence-corrected chi connectivity index (χ2v) is 8.30. The molecule has 30 heavy (non-hydrogen) atoms. The van der Waals surface area contributed by atoms with E-state index < -0.39 is 0 Å². The number of hydrogen-bond donors (Lipinski definition) is 1. The quantitative estimate of drug-likeness (QED) is 0.343. The molecule has 0 bridgehead atoms. The van der Waals surface area contributed by atoms with Crippen molar-refractivity contribution < 1.29 is 4.79 Å². The zero-order valence-electron chi connectivity index (χ0n) is 16.3. The third-order valence-electron chi connectivity index (χ3n) is 5.00. The van der Waals surface area contributed by atoms with Crippen LogP contribution in [-0.4, -0.2) is 10.9 Å². The summed E-state index contributed by atoms with van der Waals surface area (Å²) >= 11 is 18.6. The van der Waals surface area contributed by atoms with Gasteiger partial charge in [-0.3, -0.25) is 4.79 Å². The van der Waals surface area contributed by atoms with E-state index in [1.807, 2.05) is 50.2 Å². The van der Waals surface area contributed by atoms with Crippen molar-refractivity contribution >= 4 is 57.3 Å². The van der Waals surface area contributed by atoms with Gasteiger partial charge in [0.15, 0.2) is 0 Å². The molecular formula is C24H17Cl3N2O. The Labute approximate surface area is 189 Å². The molecule has 150 valence electrons. The van der Waals surface area contributed by atoms with E-state index in [0.29, 0.717) is 37.5 Å². The van der Waals surface area contributed by atoms with Gasteiger partial charge in [-0.15, -0.1) is 0 Å². The van der Waals surface area contributed by atoms with E-state index in [9.17, 15) is 4.79 Å². The van der Waals surface area contributed by atoms with E-state index in [4.69, 9.17) is 39.8 Å². The Morgan fingerprint density at radius 3 is 2.37 bits per heavy atom. The third-order valence-corrected chi connectivity index (χ3v) is 5.78. The number of carbonyl (C=O) groups excluding carboxylic acids is 1. The van der Waals surface area contributed by atoms with Crippen LogP contribution in [0.25, 0.3) is 22.2 Å². The van der Waals surface area contributed by atoms with E-state index in [2.05, 4.69) is 5.32 Å². The molecule has 1 amide bonds. The molecule has 4 aromatic rings. The summed E-state index contributed by atoms with van der Waals surface area (Å²) in [5, 5.41) is 5.33. The van der Waals surface area contributed by atoms with Crippen LogP contribution in [-0.2, 0) is 0 Å². The van der Waals surface area contributed by atoms with E-state index >= 15 is 0 Å². The molecule has 4 rings (SSSR count). The van der Waals surface area contributed by atoms with Gasteiger partial charge < -0.3 is 5.32 Å². The van der Waals surface area contributed by atoms with Crippen LogP contribution < -0.4 is 5.32 Å². The maximum absolute atomic E-state index is 13.4. The number of hydrogen-bond acceptors (Lipinski definition) is 2. The Balaban J connectivity index is 1.91. The summed E-state index contributed by atoms with van der Waals surface area (Å²) in [4.78, 5) is 18.2. The van der Waals surface area contributed by atoms with Crippen LogP contribution in [0.3, 0.4) is 0 Å². The van der Waals surface area contributed by atoms with Crippen molar-refractivity contribution in [1.29, 1.82) is 0 Å². The van der Waals surface area contributed by atoms with Gasteiger partial charge in [-0.05, 0) is 61.4 Å². The van der Waals surface area contributed by atoms with Crippen LogP contribution in [0.1, 0.15) is 21.5 Å². The number of aromatic nitrogens is 1. The number of para-hydroxylation sites is 1. The van der Waals surface area contributed by atoms with Crippen molar-refractivity contribution in [3.8, 4) is 11.3 Å². The summed E-state index contributed by atoms with van der Waals surface area (Å²) in [5.74, 6) is -0.234. The summed E-state index contributed by atoms with van der Waals surface area (Å²) in [6, 6.07) is 18.2. The fourth-order valence-corrected chi connectivity index (χ4v) is 4.13. The molecule has 1 aromatic heterocycles. The zero-order chi connectivity index (χ0) is 21.4. The van der Waals surface area contributed by atoms with Crippen molar-refractivity contribution in [3.63, 3.8) is 0 Å². The lowest BCUT2D eigenvalue weighted by molar-refractivity contribution is 0.102. The molecule has 6 heteroatoms. The van der Waals surface area contributed by atoms with Gasteiger partial charge in [0.1, 0.15) is 0 Å². The fourth-order valence-electron chi connectivity index (χ4n) is 3.46. The predicted molar refractivity (Wildman–Crippen MR) is 126 cm³/mol. The predicted octanol–water partition coefficient (Wildman–Crippen LogP) is 7.73. The van der Waals surface area contributed by atoms with Gasteiger partial charge in [0.2, 0.25) is 0 Å². The number of carbonyl (C=O) groups is 1. The average molecular weight is 456 g/mol. The van der Waals surface area contributed by atoms with Crippen LogP contribution in [0.4, 0.5) is 5.69 Å². The molecule has 0 aliphatic carbocycles. The summed E-state index contributed by atoms with van der Waals surface area (Å²) in [6.45, 7) is 3.79. The van der Waals surface area contributed by atoms with Crippen molar-refractivity contribution in [2.24, 2.45) is 0 Å². The highest BCUT2D eigenvalue weighted by Gasteiger charge is 2.20. The van der Waals surface area contributed by atoms with Crippen LogP contribution in [0, 0.1) is 13.8 Å². The highest BCUT2D eigenvalue weighted by Crippen LogP contribution is 2.35. The van der Waals surface area contributed by atoms with E-state index in [1.54, 1.807) is 24.3 Å². The van der Waals surface area contributed by atoms with Crippen LogP contribution in [0.5, 0.6) is 0 Å². The first-order chi connectivity index (χ1) is 14.3. The Kier molecular flexibility index (Phi) is 5.70. The molecule has 3 nitrogen and oxygen atoms in total. The minimum absolute atomic E-state index is 0.234. The Morgan fingerprint density at radius 2 is 1.60 bits per heavy atom. The van der Waals surface area contributed by atoms with E-state index in [-0.39, 0.29) is 5.91 Å². The van der Waals surface area contributed by atoms with Gasteiger partial charge in [-0.1, -0.05) is 59.1 Å². The molecular weight excluding hydrogens is 439 g/mol. The minimum Gasteiger partial charge on any atom is -0.322 e. The summed E-state index contributed by atoms with van der Waals surface area (Å²) in [5.41, 5.74) is 4.93. The monoisotopic (exact) mass is 454 g/mol. The average Bonchev–Trinajstić information content (AvgIpc) is 2.70. The zero-order valence-corrected chi connectivity index (χ0v) is 18.5. The number of halogens is 3. The molecule has 1 heterocycles. The van der Waals surface area contributed by atoms with Crippen molar-refractivity contribution in [2.75, 3.05) is 5.32 Å². The van der Waals surface area contributed by atoms with Crippen molar-refractivity contribution in [3.05, 3.63) is 92.4 Å². The standard InChI is InChI=1S/C24H17Cl3N2O/c1-13-7-8-16(26)12-21(13)29-24(30)22-14(2)23(17-10-9-15(25)11-19(17)27)28-20-6-4-3-5-18(20)22/h3-12H,1-2H3,(H,29,30). The van der Waals surface area contributed by atoms with Crippen LogP contribution in [0.2, 0.25) is 15.1 Å². The third kappa shape index (κ3) is 3.89. The second kappa shape index (κ2) is 8.27. The SMILES string of the molecule is Cc1ccc(Cl)cc1NC(=O)c1c(C)c(-c2ccc(Cl)cc2Cl)nc2ccccc12.